The van der Waals surface area contributed by atoms with Crippen LogP contribution < -0.4 is 0 Å². The highest BCUT2D eigenvalue weighted by molar-refractivity contribution is 6.33. The Labute approximate surface area is 162 Å². The highest BCUT2D eigenvalue weighted by Gasteiger charge is 2.60. The van der Waals surface area contributed by atoms with Crippen LogP contribution in [0.25, 0.3) is 11.4 Å². The lowest BCUT2D eigenvalue weighted by atomic mass is 9.49. The lowest BCUT2D eigenvalue weighted by Crippen LogP contribution is -2.60. The van der Waals surface area contributed by atoms with Crippen molar-refractivity contribution in [2.75, 3.05) is 0 Å². The van der Waals surface area contributed by atoms with Crippen LogP contribution in [0.2, 0.25) is 5.02 Å². The maximum absolute atomic E-state index is 6.47. The van der Waals surface area contributed by atoms with Gasteiger partial charge in [0.1, 0.15) is 18.5 Å². The predicted octanol–water partition coefficient (Wildman–Crippen LogP) is 3.89. The molecule has 6 nitrogen and oxygen atoms in total. The summed E-state index contributed by atoms with van der Waals surface area (Å²) in [5.74, 6) is 2.43. The Kier molecular flexibility index (Phi) is 3.17. The standard InChI is InChI=1S/C20H21ClN6/c21-17-10-22-2-1-16(17)18-24-3-4-26(18)19-6-14-5-15(7-19)9-20(8-14,11-19)27-13-23-12-25-27/h1-4,10,12-15H,5-9,11H2. The summed E-state index contributed by atoms with van der Waals surface area (Å²) in [6.45, 7) is 0. The lowest BCUT2D eigenvalue weighted by molar-refractivity contribution is -0.0968. The van der Waals surface area contributed by atoms with Crippen LogP contribution in [-0.4, -0.2) is 29.3 Å². The van der Waals surface area contributed by atoms with Crippen molar-refractivity contribution in [1.82, 2.24) is 29.3 Å². The van der Waals surface area contributed by atoms with E-state index in [9.17, 15) is 0 Å². The minimum Gasteiger partial charge on any atom is -0.325 e. The molecule has 3 aromatic rings. The SMILES string of the molecule is Clc1cnccc1-c1nccn1C12CC3CC(CC(n4cncn4)(C3)C1)C2. The lowest BCUT2D eigenvalue weighted by Gasteiger charge is -2.62. The minimum atomic E-state index is 0.0778. The topological polar surface area (TPSA) is 61.4 Å². The van der Waals surface area contributed by atoms with Crippen LogP contribution in [0.4, 0.5) is 0 Å². The third-order valence-electron chi connectivity index (χ3n) is 7.07. The number of aromatic nitrogens is 6. The smallest absolute Gasteiger partial charge is 0.142 e. The molecule has 27 heavy (non-hydrogen) atoms. The Bertz CT molecular complexity index is 980. The predicted molar refractivity (Wildman–Crippen MR) is 101 cm³/mol. The van der Waals surface area contributed by atoms with Crippen molar-refractivity contribution in [3.63, 3.8) is 0 Å². The number of rotatable bonds is 3. The molecule has 4 saturated carbocycles. The average molecular weight is 381 g/mol. The van der Waals surface area contributed by atoms with Gasteiger partial charge in [-0.25, -0.2) is 14.6 Å². The van der Waals surface area contributed by atoms with Crippen molar-refractivity contribution in [3.8, 4) is 11.4 Å². The van der Waals surface area contributed by atoms with Gasteiger partial charge in [0.2, 0.25) is 0 Å². The van der Waals surface area contributed by atoms with Gasteiger partial charge in [0.05, 0.1) is 10.6 Å². The molecule has 3 heterocycles. The maximum Gasteiger partial charge on any atom is 0.142 e. The molecule has 138 valence electrons. The molecule has 0 amide bonds. The van der Waals surface area contributed by atoms with E-state index in [1.165, 1.54) is 32.1 Å². The van der Waals surface area contributed by atoms with E-state index in [0.717, 1.165) is 29.6 Å². The summed E-state index contributed by atoms with van der Waals surface area (Å²) >= 11 is 6.47. The summed E-state index contributed by atoms with van der Waals surface area (Å²) in [6, 6.07) is 1.97. The monoisotopic (exact) mass is 380 g/mol. The second-order valence-electron chi connectivity index (χ2n) is 8.73. The van der Waals surface area contributed by atoms with Crippen molar-refractivity contribution < 1.29 is 0 Å². The number of pyridine rings is 1. The molecular weight excluding hydrogens is 360 g/mol. The van der Waals surface area contributed by atoms with Crippen molar-refractivity contribution in [1.29, 1.82) is 0 Å². The van der Waals surface area contributed by atoms with Gasteiger partial charge in [-0.15, -0.1) is 0 Å². The highest BCUT2D eigenvalue weighted by Crippen LogP contribution is 2.63. The molecule has 7 rings (SSSR count). The maximum atomic E-state index is 6.47. The Morgan fingerprint density at radius 1 is 1.04 bits per heavy atom. The zero-order valence-corrected chi connectivity index (χ0v) is 15.8. The fraction of sp³-hybridized carbons (Fsp3) is 0.500. The van der Waals surface area contributed by atoms with Crippen LogP contribution in [0.15, 0.2) is 43.5 Å². The van der Waals surface area contributed by atoms with Crippen molar-refractivity contribution >= 4 is 11.6 Å². The highest BCUT2D eigenvalue weighted by atomic mass is 35.5. The van der Waals surface area contributed by atoms with E-state index in [2.05, 4.69) is 30.5 Å². The summed E-state index contributed by atoms with van der Waals surface area (Å²) in [6.07, 6.45) is 18.4. The Morgan fingerprint density at radius 3 is 2.59 bits per heavy atom. The second kappa shape index (κ2) is 5.41. The number of halogens is 1. The van der Waals surface area contributed by atoms with E-state index in [-0.39, 0.29) is 11.1 Å². The normalized spacial score (nSPS) is 34.3. The number of nitrogens with zero attached hydrogens (tertiary/aromatic N) is 6. The zero-order chi connectivity index (χ0) is 18.1. The molecule has 2 unspecified atom stereocenters. The van der Waals surface area contributed by atoms with Crippen LogP contribution in [0, 0.1) is 11.8 Å². The molecule has 4 aliphatic carbocycles. The van der Waals surface area contributed by atoms with Gasteiger partial charge < -0.3 is 4.57 Å². The average Bonchev–Trinajstić information content (AvgIpc) is 3.34. The van der Waals surface area contributed by atoms with E-state index < -0.39 is 0 Å². The van der Waals surface area contributed by atoms with Gasteiger partial charge in [-0.2, -0.15) is 5.10 Å². The van der Waals surface area contributed by atoms with Crippen LogP contribution in [-0.2, 0) is 11.1 Å². The van der Waals surface area contributed by atoms with E-state index in [1.54, 1.807) is 18.7 Å². The first-order chi connectivity index (χ1) is 13.2. The van der Waals surface area contributed by atoms with Gasteiger partial charge in [0, 0.05) is 35.9 Å². The Balaban J connectivity index is 1.49. The molecule has 4 bridgehead atoms. The summed E-state index contributed by atoms with van der Waals surface area (Å²) in [4.78, 5) is 13.1. The number of hydrogen-bond donors (Lipinski definition) is 0. The molecule has 7 heteroatoms. The third-order valence-corrected chi connectivity index (χ3v) is 7.37. The number of hydrogen-bond acceptors (Lipinski definition) is 4. The van der Waals surface area contributed by atoms with Crippen LogP contribution in [0.1, 0.15) is 38.5 Å². The molecule has 3 aromatic heterocycles. The molecule has 2 atom stereocenters. The molecular formula is C20H21ClN6. The molecule has 0 saturated heterocycles. The van der Waals surface area contributed by atoms with Crippen molar-refractivity contribution in [2.24, 2.45) is 11.8 Å². The van der Waals surface area contributed by atoms with E-state index in [4.69, 9.17) is 16.6 Å². The molecule has 0 spiro atoms. The first kappa shape index (κ1) is 15.8. The Hall–Kier alpha value is -2.21. The molecule has 0 N–H and O–H groups in total. The molecule has 4 fully saturated rings. The molecule has 4 aliphatic rings. The van der Waals surface area contributed by atoms with E-state index >= 15 is 0 Å². The van der Waals surface area contributed by atoms with Crippen molar-refractivity contribution in [3.05, 3.63) is 48.5 Å². The van der Waals surface area contributed by atoms with E-state index in [1.807, 2.05) is 18.6 Å². The second-order valence-corrected chi connectivity index (χ2v) is 9.13. The summed E-state index contributed by atoms with van der Waals surface area (Å²) in [7, 11) is 0. The Morgan fingerprint density at radius 2 is 1.85 bits per heavy atom. The number of imidazole rings is 1. The van der Waals surface area contributed by atoms with Crippen LogP contribution in [0.3, 0.4) is 0 Å². The largest absolute Gasteiger partial charge is 0.325 e. The summed E-state index contributed by atoms with van der Waals surface area (Å²) in [5, 5.41) is 5.22. The van der Waals surface area contributed by atoms with Crippen LogP contribution >= 0.6 is 11.6 Å². The quantitative estimate of drug-likeness (QED) is 0.691. The van der Waals surface area contributed by atoms with Gasteiger partial charge in [-0.1, -0.05) is 11.6 Å². The van der Waals surface area contributed by atoms with Gasteiger partial charge in [-0.3, -0.25) is 4.98 Å². The van der Waals surface area contributed by atoms with Gasteiger partial charge >= 0.3 is 0 Å². The fourth-order valence-corrected chi connectivity index (χ4v) is 6.82. The van der Waals surface area contributed by atoms with E-state index in [0.29, 0.717) is 5.02 Å². The first-order valence-corrected chi connectivity index (χ1v) is 10.0. The zero-order valence-electron chi connectivity index (χ0n) is 15.0. The summed E-state index contributed by atoms with van der Waals surface area (Å²) in [5.41, 5.74) is 1.13. The van der Waals surface area contributed by atoms with Gasteiger partial charge in [0.25, 0.3) is 0 Å². The molecule has 0 radical (unpaired) electrons. The van der Waals surface area contributed by atoms with Crippen LogP contribution in [0.5, 0.6) is 0 Å². The third kappa shape index (κ3) is 2.19. The fourth-order valence-electron chi connectivity index (χ4n) is 6.61. The minimum absolute atomic E-state index is 0.0778. The summed E-state index contributed by atoms with van der Waals surface area (Å²) < 4.78 is 4.56. The van der Waals surface area contributed by atoms with Gasteiger partial charge in [-0.05, 0) is 56.4 Å². The molecule has 0 aromatic carbocycles. The first-order valence-electron chi connectivity index (χ1n) is 9.66. The van der Waals surface area contributed by atoms with Crippen molar-refractivity contribution in [2.45, 2.75) is 49.6 Å². The van der Waals surface area contributed by atoms with Gasteiger partial charge in [0.15, 0.2) is 0 Å². The molecule has 0 aliphatic heterocycles.